The van der Waals surface area contributed by atoms with E-state index in [0.717, 1.165) is 13.0 Å². The number of hydrogen-bond acceptors (Lipinski definition) is 5. The molecular formula is C16H23N3O2. The molecule has 0 saturated carbocycles. The van der Waals surface area contributed by atoms with E-state index in [0.29, 0.717) is 24.7 Å². The summed E-state index contributed by atoms with van der Waals surface area (Å²) < 4.78 is 5.24. The Morgan fingerprint density at radius 2 is 2.00 bits per heavy atom. The monoisotopic (exact) mass is 289 g/mol. The van der Waals surface area contributed by atoms with Crippen LogP contribution in [0.3, 0.4) is 0 Å². The van der Waals surface area contributed by atoms with E-state index in [1.807, 2.05) is 30.3 Å². The smallest absolute Gasteiger partial charge is 0.240 e. The molecule has 0 atom stereocenters. The molecule has 0 fully saturated rings. The summed E-state index contributed by atoms with van der Waals surface area (Å²) in [5.41, 5.74) is 1.23. The van der Waals surface area contributed by atoms with Crippen molar-refractivity contribution >= 4 is 0 Å². The maximum Gasteiger partial charge on any atom is 0.240 e. The SMILES string of the molecule is CC(C)(CCO)CNCc1nc(Cc2ccccc2)no1. The molecule has 0 amide bonds. The van der Waals surface area contributed by atoms with Gasteiger partial charge in [0.15, 0.2) is 5.82 Å². The molecule has 2 aromatic rings. The lowest BCUT2D eigenvalue weighted by Gasteiger charge is -2.23. The highest BCUT2D eigenvalue weighted by Gasteiger charge is 2.17. The van der Waals surface area contributed by atoms with Crippen molar-refractivity contribution in [1.29, 1.82) is 0 Å². The first-order valence-electron chi connectivity index (χ1n) is 7.26. The largest absolute Gasteiger partial charge is 0.396 e. The highest BCUT2D eigenvalue weighted by atomic mass is 16.5. The minimum Gasteiger partial charge on any atom is -0.396 e. The van der Waals surface area contributed by atoms with E-state index in [-0.39, 0.29) is 12.0 Å². The predicted molar refractivity (Wildman–Crippen MR) is 80.7 cm³/mol. The topological polar surface area (TPSA) is 71.2 Å². The van der Waals surface area contributed by atoms with E-state index >= 15 is 0 Å². The van der Waals surface area contributed by atoms with Crippen LogP contribution >= 0.6 is 0 Å². The van der Waals surface area contributed by atoms with Crippen LogP contribution in [-0.2, 0) is 13.0 Å². The summed E-state index contributed by atoms with van der Waals surface area (Å²) in [4.78, 5) is 4.38. The fourth-order valence-electron chi connectivity index (χ4n) is 2.11. The highest BCUT2D eigenvalue weighted by Crippen LogP contribution is 2.18. The average molecular weight is 289 g/mol. The molecule has 0 saturated heterocycles. The average Bonchev–Trinajstić information content (AvgIpc) is 2.87. The second kappa shape index (κ2) is 7.33. The lowest BCUT2D eigenvalue weighted by atomic mass is 9.90. The number of hydrogen-bond donors (Lipinski definition) is 2. The minimum atomic E-state index is 0.0572. The molecule has 1 aromatic heterocycles. The zero-order valence-electron chi connectivity index (χ0n) is 12.7. The molecule has 0 aliphatic heterocycles. The predicted octanol–water partition coefficient (Wildman–Crippen LogP) is 2.16. The number of aromatic nitrogens is 2. The molecule has 2 rings (SSSR count). The van der Waals surface area contributed by atoms with E-state index in [1.165, 1.54) is 5.56 Å². The maximum absolute atomic E-state index is 8.99. The van der Waals surface area contributed by atoms with Crippen molar-refractivity contribution in [3.63, 3.8) is 0 Å². The van der Waals surface area contributed by atoms with Crippen molar-refractivity contribution in [3.05, 3.63) is 47.6 Å². The third kappa shape index (κ3) is 5.28. The van der Waals surface area contributed by atoms with Gasteiger partial charge in [-0.1, -0.05) is 49.3 Å². The highest BCUT2D eigenvalue weighted by molar-refractivity contribution is 5.18. The molecule has 5 heteroatoms. The Kier molecular flexibility index (Phi) is 5.47. The molecule has 1 heterocycles. The first-order chi connectivity index (χ1) is 10.1. The summed E-state index contributed by atoms with van der Waals surface area (Å²) in [6.45, 7) is 5.78. The van der Waals surface area contributed by atoms with Gasteiger partial charge < -0.3 is 14.9 Å². The summed E-state index contributed by atoms with van der Waals surface area (Å²) in [5.74, 6) is 1.30. The van der Waals surface area contributed by atoms with Crippen LogP contribution in [0.1, 0.15) is 37.5 Å². The third-order valence-electron chi connectivity index (χ3n) is 3.38. The quantitative estimate of drug-likeness (QED) is 0.779. The molecule has 0 radical (unpaired) electrons. The maximum atomic E-state index is 8.99. The Morgan fingerprint density at radius 1 is 1.24 bits per heavy atom. The van der Waals surface area contributed by atoms with Gasteiger partial charge in [-0.3, -0.25) is 0 Å². The Labute approximate surface area is 125 Å². The van der Waals surface area contributed by atoms with Gasteiger partial charge in [-0.25, -0.2) is 0 Å². The molecule has 2 N–H and O–H groups in total. The third-order valence-corrected chi connectivity index (χ3v) is 3.38. The number of aliphatic hydroxyl groups is 1. The molecule has 114 valence electrons. The van der Waals surface area contributed by atoms with Crippen molar-refractivity contribution in [2.24, 2.45) is 5.41 Å². The fourth-order valence-corrected chi connectivity index (χ4v) is 2.11. The van der Waals surface area contributed by atoms with Crippen LogP contribution in [0.25, 0.3) is 0 Å². The second-order valence-corrected chi connectivity index (χ2v) is 6.01. The number of benzene rings is 1. The van der Waals surface area contributed by atoms with Gasteiger partial charge in [0.1, 0.15) is 0 Å². The van der Waals surface area contributed by atoms with Crippen LogP contribution in [0, 0.1) is 5.41 Å². The minimum absolute atomic E-state index is 0.0572. The van der Waals surface area contributed by atoms with Crippen LogP contribution < -0.4 is 5.32 Å². The van der Waals surface area contributed by atoms with E-state index in [4.69, 9.17) is 9.63 Å². The Morgan fingerprint density at radius 3 is 2.71 bits per heavy atom. The summed E-state index contributed by atoms with van der Waals surface area (Å²) in [6, 6.07) is 10.1. The molecule has 0 unspecified atom stereocenters. The summed E-state index contributed by atoms with van der Waals surface area (Å²) in [5, 5.41) is 16.3. The number of rotatable bonds is 8. The Hall–Kier alpha value is -1.72. The molecule has 0 aliphatic rings. The Balaban J connectivity index is 1.81. The van der Waals surface area contributed by atoms with Gasteiger partial charge in [0, 0.05) is 19.6 Å². The number of nitrogens with zero attached hydrogens (tertiary/aromatic N) is 2. The first-order valence-corrected chi connectivity index (χ1v) is 7.26. The van der Waals surface area contributed by atoms with Gasteiger partial charge in [-0.15, -0.1) is 0 Å². The molecule has 21 heavy (non-hydrogen) atoms. The lowest BCUT2D eigenvalue weighted by molar-refractivity contribution is 0.205. The van der Waals surface area contributed by atoms with E-state index in [1.54, 1.807) is 0 Å². The van der Waals surface area contributed by atoms with Gasteiger partial charge in [0.2, 0.25) is 5.89 Å². The number of nitrogens with one attached hydrogen (secondary N) is 1. The van der Waals surface area contributed by atoms with E-state index in [2.05, 4.69) is 29.3 Å². The summed E-state index contributed by atoms with van der Waals surface area (Å²) in [6.07, 6.45) is 1.45. The molecule has 0 bridgehead atoms. The Bertz CT molecular complexity index is 537. The zero-order valence-corrected chi connectivity index (χ0v) is 12.7. The summed E-state index contributed by atoms with van der Waals surface area (Å²) >= 11 is 0. The van der Waals surface area contributed by atoms with Crippen molar-refractivity contribution < 1.29 is 9.63 Å². The normalized spacial score (nSPS) is 11.8. The van der Waals surface area contributed by atoms with Gasteiger partial charge in [-0.2, -0.15) is 4.98 Å². The van der Waals surface area contributed by atoms with Crippen molar-refractivity contribution in [2.75, 3.05) is 13.2 Å². The van der Waals surface area contributed by atoms with Gasteiger partial charge in [-0.05, 0) is 17.4 Å². The molecular weight excluding hydrogens is 266 g/mol. The summed E-state index contributed by atoms with van der Waals surface area (Å²) in [7, 11) is 0. The standard InChI is InChI=1S/C16H23N3O2/c1-16(2,8-9-20)12-17-11-15-18-14(19-21-15)10-13-6-4-3-5-7-13/h3-7,17,20H,8-12H2,1-2H3. The van der Waals surface area contributed by atoms with Crippen LogP contribution in [0.2, 0.25) is 0 Å². The number of aliphatic hydroxyl groups excluding tert-OH is 1. The molecule has 0 aliphatic carbocycles. The van der Waals surface area contributed by atoms with Crippen LogP contribution in [0.4, 0.5) is 0 Å². The molecule has 0 spiro atoms. The first kappa shape index (κ1) is 15.7. The van der Waals surface area contributed by atoms with Crippen LogP contribution in [0.15, 0.2) is 34.9 Å². The lowest BCUT2D eigenvalue weighted by Crippen LogP contribution is -2.30. The molecule has 5 nitrogen and oxygen atoms in total. The van der Waals surface area contributed by atoms with E-state index < -0.39 is 0 Å². The fraction of sp³-hybridized carbons (Fsp3) is 0.500. The van der Waals surface area contributed by atoms with Crippen molar-refractivity contribution in [2.45, 2.75) is 33.2 Å². The van der Waals surface area contributed by atoms with Crippen LogP contribution in [-0.4, -0.2) is 28.4 Å². The zero-order chi connectivity index (χ0) is 15.1. The molecule has 1 aromatic carbocycles. The van der Waals surface area contributed by atoms with Crippen LogP contribution in [0.5, 0.6) is 0 Å². The van der Waals surface area contributed by atoms with Crippen molar-refractivity contribution in [3.8, 4) is 0 Å². The van der Waals surface area contributed by atoms with E-state index in [9.17, 15) is 0 Å². The van der Waals surface area contributed by atoms with Crippen molar-refractivity contribution in [1.82, 2.24) is 15.5 Å². The van der Waals surface area contributed by atoms with Gasteiger partial charge in [0.05, 0.1) is 6.54 Å². The second-order valence-electron chi connectivity index (χ2n) is 6.01. The van der Waals surface area contributed by atoms with Gasteiger partial charge >= 0.3 is 0 Å². The van der Waals surface area contributed by atoms with Gasteiger partial charge in [0.25, 0.3) is 0 Å².